The quantitative estimate of drug-likeness (QED) is 0.492. The van der Waals surface area contributed by atoms with Gasteiger partial charge in [-0.1, -0.05) is 18.2 Å². The van der Waals surface area contributed by atoms with Crippen LogP contribution in [0, 0.1) is 0 Å². The van der Waals surface area contributed by atoms with Gasteiger partial charge in [0.1, 0.15) is 12.4 Å². The van der Waals surface area contributed by atoms with E-state index in [0.29, 0.717) is 28.4 Å². The summed E-state index contributed by atoms with van der Waals surface area (Å²) in [5, 5.41) is 0. The number of hydrogen-bond donors (Lipinski definition) is 0. The average molecular weight is 324 g/mol. The summed E-state index contributed by atoms with van der Waals surface area (Å²) in [6, 6.07) is 12.3. The van der Waals surface area contributed by atoms with Crippen molar-refractivity contribution in [3.05, 3.63) is 59.2 Å². The monoisotopic (exact) mass is 324 g/mol. The minimum atomic E-state index is -0.441. The lowest BCUT2D eigenvalue weighted by Gasteiger charge is -2.18. The Morgan fingerprint density at radius 3 is 2.71 bits per heavy atom. The van der Waals surface area contributed by atoms with Crippen molar-refractivity contribution in [1.29, 1.82) is 0 Å². The van der Waals surface area contributed by atoms with E-state index in [-0.39, 0.29) is 12.4 Å². The van der Waals surface area contributed by atoms with E-state index >= 15 is 0 Å². The highest BCUT2D eigenvalue weighted by Gasteiger charge is 2.22. The van der Waals surface area contributed by atoms with Gasteiger partial charge in [-0.25, -0.2) is 0 Å². The second-order valence-electron chi connectivity index (χ2n) is 5.29. The largest absolute Gasteiger partial charge is 0.493 e. The SMILES string of the molecule is COc1ccc(C=C2COc3ccccc3C2=O)cc1OC(C)=O. The summed E-state index contributed by atoms with van der Waals surface area (Å²) in [6.07, 6.45) is 1.73. The van der Waals surface area contributed by atoms with E-state index in [2.05, 4.69) is 0 Å². The number of carbonyl (C=O) groups is 2. The van der Waals surface area contributed by atoms with E-state index < -0.39 is 5.97 Å². The smallest absolute Gasteiger partial charge is 0.308 e. The molecule has 0 amide bonds. The number of fused-ring (bicyclic) bond motifs is 1. The molecule has 0 saturated heterocycles. The van der Waals surface area contributed by atoms with E-state index in [0.717, 1.165) is 5.56 Å². The zero-order valence-corrected chi connectivity index (χ0v) is 13.4. The molecule has 24 heavy (non-hydrogen) atoms. The first-order chi connectivity index (χ1) is 11.6. The number of esters is 1. The Morgan fingerprint density at radius 2 is 1.96 bits per heavy atom. The summed E-state index contributed by atoms with van der Waals surface area (Å²) in [5.41, 5.74) is 1.80. The second-order valence-corrected chi connectivity index (χ2v) is 5.29. The minimum absolute atomic E-state index is 0.0679. The number of ether oxygens (including phenoxy) is 3. The highest BCUT2D eigenvalue weighted by atomic mass is 16.6. The summed E-state index contributed by atoms with van der Waals surface area (Å²) in [5.74, 6) is 0.841. The molecule has 0 unspecified atom stereocenters. The van der Waals surface area contributed by atoms with E-state index in [1.54, 1.807) is 42.5 Å². The normalized spacial score (nSPS) is 14.8. The minimum Gasteiger partial charge on any atom is -0.493 e. The van der Waals surface area contributed by atoms with Crippen LogP contribution in [0.3, 0.4) is 0 Å². The van der Waals surface area contributed by atoms with Gasteiger partial charge in [0.15, 0.2) is 17.3 Å². The molecule has 5 heteroatoms. The molecule has 0 saturated carbocycles. The third-order valence-corrected chi connectivity index (χ3v) is 3.59. The molecule has 3 rings (SSSR count). The van der Waals surface area contributed by atoms with Gasteiger partial charge in [-0.2, -0.15) is 0 Å². The fourth-order valence-corrected chi connectivity index (χ4v) is 2.50. The third-order valence-electron chi connectivity index (χ3n) is 3.59. The maximum absolute atomic E-state index is 12.5. The fraction of sp³-hybridized carbons (Fsp3) is 0.158. The number of Topliss-reactive ketones (excluding diaryl/α,β-unsaturated/α-hetero) is 1. The molecule has 5 nitrogen and oxygen atoms in total. The summed E-state index contributed by atoms with van der Waals surface area (Å²) in [6.45, 7) is 1.52. The van der Waals surface area contributed by atoms with Crippen molar-refractivity contribution in [3.63, 3.8) is 0 Å². The zero-order valence-electron chi connectivity index (χ0n) is 13.4. The lowest BCUT2D eigenvalue weighted by Crippen LogP contribution is -2.18. The van der Waals surface area contributed by atoms with Crippen molar-refractivity contribution in [2.45, 2.75) is 6.92 Å². The van der Waals surface area contributed by atoms with Crippen LogP contribution in [-0.4, -0.2) is 25.5 Å². The molecule has 122 valence electrons. The molecule has 0 N–H and O–H groups in total. The van der Waals surface area contributed by atoms with Crippen LogP contribution in [0.2, 0.25) is 0 Å². The van der Waals surface area contributed by atoms with E-state index in [1.807, 2.05) is 6.07 Å². The molecule has 0 aromatic heterocycles. The topological polar surface area (TPSA) is 61.8 Å². The number of para-hydroxylation sites is 1. The Morgan fingerprint density at radius 1 is 1.17 bits per heavy atom. The molecule has 1 heterocycles. The lowest BCUT2D eigenvalue weighted by molar-refractivity contribution is -0.132. The molecular weight excluding hydrogens is 308 g/mol. The highest BCUT2D eigenvalue weighted by molar-refractivity contribution is 6.14. The van der Waals surface area contributed by atoms with Crippen LogP contribution < -0.4 is 14.2 Å². The molecule has 0 fully saturated rings. The van der Waals surface area contributed by atoms with Gasteiger partial charge in [0.2, 0.25) is 0 Å². The summed E-state index contributed by atoms with van der Waals surface area (Å²) >= 11 is 0. The average Bonchev–Trinajstić information content (AvgIpc) is 2.57. The van der Waals surface area contributed by atoms with Gasteiger partial charge in [0.05, 0.1) is 12.7 Å². The molecule has 0 radical (unpaired) electrons. The Balaban J connectivity index is 1.94. The Hall–Kier alpha value is -3.08. The maximum atomic E-state index is 12.5. The molecule has 0 aliphatic carbocycles. The van der Waals surface area contributed by atoms with Gasteiger partial charge in [-0.3, -0.25) is 9.59 Å². The highest BCUT2D eigenvalue weighted by Crippen LogP contribution is 2.31. The first-order valence-corrected chi connectivity index (χ1v) is 7.42. The first-order valence-electron chi connectivity index (χ1n) is 7.42. The Kier molecular flexibility index (Phi) is 4.33. The number of methoxy groups -OCH3 is 1. The van der Waals surface area contributed by atoms with Gasteiger partial charge in [0, 0.05) is 12.5 Å². The van der Waals surface area contributed by atoms with Crippen molar-refractivity contribution in [2.24, 2.45) is 0 Å². The van der Waals surface area contributed by atoms with Gasteiger partial charge in [-0.05, 0) is 35.9 Å². The molecule has 0 bridgehead atoms. The Labute approximate surface area is 139 Å². The molecule has 0 spiro atoms. The molecule has 1 aliphatic rings. The predicted octanol–water partition coefficient (Wildman–Crippen LogP) is 3.28. The molecule has 1 aliphatic heterocycles. The first kappa shape index (κ1) is 15.8. The second kappa shape index (κ2) is 6.58. The summed E-state index contributed by atoms with van der Waals surface area (Å²) < 4.78 is 15.9. The fourth-order valence-electron chi connectivity index (χ4n) is 2.50. The summed E-state index contributed by atoms with van der Waals surface area (Å²) in [7, 11) is 1.50. The molecular formula is C19H16O5. The lowest BCUT2D eigenvalue weighted by atomic mass is 9.98. The van der Waals surface area contributed by atoms with Crippen LogP contribution in [0.15, 0.2) is 48.0 Å². The van der Waals surface area contributed by atoms with Crippen molar-refractivity contribution in [3.8, 4) is 17.2 Å². The van der Waals surface area contributed by atoms with Crippen LogP contribution in [0.1, 0.15) is 22.8 Å². The third kappa shape index (κ3) is 3.15. The van der Waals surface area contributed by atoms with Gasteiger partial charge in [0.25, 0.3) is 0 Å². The van der Waals surface area contributed by atoms with Crippen molar-refractivity contribution < 1.29 is 23.8 Å². The van der Waals surface area contributed by atoms with Crippen molar-refractivity contribution in [1.82, 2.24) is 0 Å². The number of rotatable bonds is 3. The maximum Gasteiger partial charge on any atom is 0.308 e. The molecule has 0 atom stereocenters. The molecule has 2 aromatic rings. The van der Waals surface area contributed by atoms with Crippen LogP contribution in [-0.2, 0) is 4.79 Å². The number of hydrogen-bond acceptors (Lipinski definition) is 5. The van der Waals surface area contributed by atoms with Crippen LogP contribution in [0.25, 0.3) is 6.08 Å². The number of ketones is 1. The molecule has 2 aromatic carbocycles. The summed E-state index contributed by atoms with van der Waals surface area (Å²) in [4.78, 5) is 23.8. The van der Waals surface area contributed by atoms with Crippen molar-refractivity contribution >= 4 is 17.8 Å². The van der Waals surface area contributed by atoms with Gasteiger partial charge < -0.3 is 14.2 Å². The van der Waals surface area contributed by atoms with E-state index in [4.69, 9.17) is 14.2 Å². The van der Waals surface area contributed by atoms with Crippen LogP contribution in [0.4, 0.5) is 0 Å². The number of benzene rings is 2. The standard InChI is InChI=1S/C19H16O5/c1-12(20)24-18-10-13(7-8-17(18)22-2)9-14-11-23-16-6-4-3-5-15(16)19(14)21/h3-10H,11H2,1-2H3. The van der Waals surface area contributed by atoms with Crippen LogP contribution in [0.5, 0.6) is 17.2 Å². The van der Waals surface area contributed by atoms with E-state index in [9.17, 15) is 9.59 Å². The zero-order chi connectivity index (χ0) is 17.1. The van der Waals surface area contributed by atoms with Crippen molar-refractivity contribution in [2.75, 3.05) is 13.7 Å². The Bertz CT molecular complexity index is 835. The van der Waals surface area contributed by atoms with Gasteiger partial charge >= 0.3 is 5.97 Å². The van der Waals surface area contributed by atoms with E-state index in [1.165, 1.54) is 14.0 Å². The van der Waals surface area contributed by atoms with Gasteiger partial charge in [-0.15, -0.1) is 0 Å². The predicted molar refractivity (Wildman–Crippen MR) is 88.5 cm³/mol. The number of carbonyl (C=O) groups excluding carboxylic acids is 2. The van der Waals surface area contributed by atoms with Crippen LogP contribution >= 0.6 is 0 Å².